The molecule has 8 heteroatoms. The van der Waals surface area contributed by atoms with Gasteiger partial charge in [0, 0.05) is 5.56 Å². The number of sulfone groups is 1. The highest BCUT2D eigenvalue weighted by molar-refractivity contribution is 7.91. The molecule has 0 saturated carbocycles. The van der Waals surface area contributed by atoms with E-state index >= 15 is 0 Å². The van der Waals surface area contributed by atoms with E-state index in [2.05, 4.69) is 27.7 Å². The third-order valence-electron chi connectivity index (χ3n) is 10.7. The van der Waals surface area contributed by atoms with Crippen molar-refractivity contribution in [3.63, 3.8) is 0 Å². The highest BCUT2D eigenvalue weighted by Gasteiger charge is 2.27. The van der Waals surface area contributed by atoms with E-state index in [-0.39, 0.29) is 0 Å². The standard InChI is InChI=1S/C32H68N.C14H10O6S/c1-5-9-13-17-21-25-29-33(30-26-22-18-14-10-6-2,31-27-23-19-15-11-7-3)32-28-24-20-16-12-8-4;15-13(16)9-5-1-3-7-11(9)21(19,20)12-8-4-2-6-10(12)14(17)18/h5-32H2,1-4H3;1-8H,(H,15,16)(H,17,18)/q+1;/p-1. The van der Waals surface area contributed by atoms with Crippen LogP contribution in [-0.2, 0) is 9.84 Å². The zero-order valence-electron chi connectivity index (χ0n) is 34.8. The minimum atomic E-state index is -4.29. The summed E-state index contributed by atoms with van der Waals surface area (Å²) in [6.07, 6.45) is 34.8. The number of quaternary nitrogens is 1. The van der Waals surface area contributed by atoms with Crippen molar-refractivity contribution in [3.05, 3.63) is 59.7 Å². The molecule has 0 saturated heterocycles. The first-order chi connectivity index (χ1) is 26.1. The second kappa shape index (κ2) is 30.5. The highest BCUT2D eigenvalue weighted by Crippen LogP contribution is 2.27. The Kier molecular flexibility index (Phi) is 27.9. The van der Waals surface area contributed by atoms with Gasteiger partial charge >= 0.3 is 5.97 Å². The number of rotatable bonds is 32. The number of unbranched alkanes of at least 4 members (excludes halogenated alkanes) is 20. The first-order valence-electron chi connectivity index (χ1n) is 21.8. The molecule has 0 amide bonds. The number of hydrogen-bond acceptors (Lipinski definition) is 5. The number of aromatic carboxylic acids is 2. The molecule has 2 rings (SSSR count). The number of carbonyl (C=O) groups is 2. The average molecular weight is 772 g/mol. The third-order valence-corrected chi connectivity index (χ3v) is 12.6. The van der Waals surface area contributed by atoms with Crippen LogP contribution in [0.3, 0.4) is 0 Å². The largest absolute Gasteiger partial charge is 0.545 e. The van der Waals surface area contributed by atoms with Gasteiger partial charge in [-0.15, -0.1) is 0 Å². The lowest BCUT2D eigenvalue weighted by molar-refractivity contribution is -0.929. The van der Waals surface area contributed by atoms with E-state index in [1.54, 1.807) is 0 Å². The van der Waals surface area contributed by atoms with Crippen LogP contribution >= 0.6 is 0 Å². The van der Waals surface area contributed by atoms with Gasteiger partial charge in [-0.1, -0.05) is 161 Å². The molecular formula is C46H77NO6S. The van der Waals surface area contributed by atoms with Crippen molar-refractivity contribution >= 4 is 21.8 Å². The fourth-order valence-electron chi connectivity index (χ4n) is 7.45. The first-order valence-corrected chi connectivity index (χ1v) is 23.3. The fourth-order valence-corrected chi connectivity index (χ4v) is 9.08. The van der Waals surface area contributed by atoms with Gasteiger partial charge in [-0.05, 0) is 69.6 Å². The molecule has 308 valence electrons. The van der Waals surface area contributed by atoms with Crippen molar-refractivity contribution < 1.29 is 32.7 Å². The van der Waals surface area contributed by atoms with Crippen LogP contribution in [0.5, 0.6) is 0 Å². The molecule has 0 unspecified atom stereocenters. The zero-order chi connectivity index (χ0) is 39.9. The van der Waals surface area contributed by atoms with Crippen LogP contribution in [0.15, 0.2) is 58.3 Å². The monoisotopic (exact) mass is 772 g/mol. The topological polar surface area (TPSA) is 112 Å². The number of carbonyl (C=O) groups excluding carboxylic acids is 1. The number of nitrogens with zero attached hydrogens (tertiary/aromatic N) is 1. The fraction of sp³-hybridized carbons (Fsp3) is 0.696. The van der Waals surface area contributed by atoms with Crippen LogP contribution in [0, 0.1) is 0 Å². The van der Waals surface area contributed by atoms with Crippen LogP contribution < -0.4 is 5.11 Å². The Balaban J connectivity index is 0.000000591. The van der Waals surface area contributed by atoms with Crippen molar-refractivity contribution in [3.8, 4) is 0 Å². The molecule has 2 aromatic rings. The van der Waals surface area contributed by atoms with E-state index in [4.69, 9.17) is 5.11 Å². The maximum absolute atomic E-state index is 12.5. The van der Waals surface area contributed by atoms with Crippen molar-refractivity contribution in [2.45, 2.75) is 192 Å². The van der Waals surface area contributed by atoms with Gasteiger partial charge in [-0.3, -0.25) is 0 Å². The Bertz CT molecular complexity index is 1240. The SMILES string of the molecule is CCCCCCCC[N+](CCCCCCCC)(CCCCCCCC)CCCCCCCC.O=C([O-])c1ccccc1S(=O)(=O)c1ccccc1C(=O)O. The summed E-state index contributed by atoms with van der Waals surface area (Å²) in [7, 11) is -4.29. The Hall–Kier alpha value is -2.71. The summed E-state index contributed by atoms with van der Waals surface area (Å²) in [5.74, 6) is -3.07. The minimum absolute atomic E-state index is 0.425. The quantitative estimate of drug-likeness (QED) is 0.0585. The second-order valence-corrected chi connectivity index (χ2v) is 17.3. The number of carboxylic acid groups (broad SMARTS) is 2. The maximum atomic E-state index is 12.5. The Morgan fingerprint density at radius 2 is 0.759 bits per heavy atom. The van der Waals surface area contributed by atoms with E-state index in [9.17, 15) is 23.1 Å². The summed E-state index contributed by atoms with van der Waals surface area (Å²) < 4.78 is 26.5. The lowest BCUT2D eigenvalue weighted by Gasteiger charge is -2.40. The van der Waals surface area contributed by atoms with Crippen LogP contribution in [0.2, 0.25) is 0 Å². The molecule has 0 fully saturated rings. The number of benzene rings is 2. The van der Waals surface area contributed by atoms with Crippen LogP contribution in [0.25, 0.3) is 0 Å². The molecule has 0 aliphatic heterocycles. The number of carboxylic acids is 2. The van der Waals surface area contributed by atoms with Gasteiger partial charge < -0.3 is 19.5 Å². The van der Waals surface area contributed by atoms with Crippen LogP contribution in [0.4, 0.5) is 0 Å². The van der Waals surface area contributed by atoms with Gasteiger partial charge in [-0.25, -0.2) is 13.2 Å². The van der Waals surface area contributed by atoms with E-state index in [1.807, 2.05) is 0 Å². The van der Waals surface area contributed by atoms with Crippen LogP contribution in [0.1, 0.15) is 203 Å². The molecule has 2 aromatic carbocycles. The lowest BCUT2D eigenvalue weighted by atomic mass is 10.0. The Labute approximate surface area is 330 Å². The maximum Gasteiger partial charge on any atom is 0.337 e. The predicted molar refractivity (Wildman–Crippen MR) is 223 cm³/mol. The summed E-state index contributed by atoms with van der Waals surface area (Å²) in [6, 6.07) is 9.89. The van der Waals surface area contributed by atoms with Crippen molar-refractivity contribution in [1.82, 2.24) is 0 Å². The Morgan fingerprint density at radius 1 is 0.481 bits per heavy atom. The van der Waals surface area contributed by atoms with Gasteiger partial charge in [0.15, 0.2) is 0 Å². The molecule has 7 nitrogen and oxygen atoms in total. The first kappa shape index (κ1) is 49.3. The van der Waals surface area contributed by atoms with Crippen molar-refractivity contribution in [2.75, 3.05) is 26.2 Å². The average Bonchev–Trinajstić information content (AvgIpc) is 3.17. The molecule has 0 spiro atoms. The molecule has 0 aromatic heterocycles. The molecular weight excluding hydrogens is 695 g/mol. The highest BCUT2D eigenvalue weighted by atomic mass is 32.2. The molecule has 1 N–H and O–H groups in total. The van der Waals surface area contributed by atoms with Gasteiger partial charge in [0.2, 0.25) is 9.84 Å². The van der Waals surface area contributed by atoms with Gasteiger partial charge in [-0.2, -0.15) is 0 Å². The van der Waals surface area contributed by atoms with Crippen molar-refractivity contribution in [1.29, 1.82) is 0 Å². The lowest BCUT2D eigenvalue weighted by Crippen LogP contribution is -2.50. The molecule has 0 bridgehead atoms. The molecule has 0 radical (unpaired) electrons. The summed E-state index contributed by atoms with van der Waals surface area (Å²) in [5, 5.41) is 20.1. The second-order valence-electron chi connectivity index (χ2n) is 15.4. The van der Waals surface area contributed by atoms with Gasteiger partial charge in [0.25, 0.3) is 0 Å². The molecule has 54 heavy (non-hydrogen) atoms. The molecule has 0 aliphatic carbocycles. The van der Waals surface area contributed by atoms with Gasteiger partial charge in [0.1, 0.15) is 0 Å². The summed E-state index contributed by atoms with van der Waals surface area (Å²) in [5.41, 5.74) is -0.941. The normalized spacial score (nSPS) is 11.6. The summed E-state index contributed by atoms with van der Waals surface area (Å²) in [4.78, 5) is 21.2. The van der Waals surface area contributed by atoms with E-state index in [1.165, 1.54) is 209 Å². The summed E-state index contributed by atoms with van der Waals surface area (Å²) in [6.45, 7) is 15.3. The molecule has 0 atom stereocenters. The van der Waals surface area contributed by atoms with E-state index in [0.29, 0.717) is 0 Å². The molecule has 0 aliphatic rings. The Morgan fingerprint density at radius 3 is 1.07 bits per heavy atom. The minimum Gasteiger partial charge on any atom is -0.545 e. The number of hydrogen-bond donors (Lipinski definition) is 1. The van der Waals surface area contributed by atoms with Crippen molar-refractivity contribution in [2.24, 2.45) is 0 Å². The smallest absolute Gasteiger partial charge is 0.337 e. The van der Waals surface area contributed by atoms with Crippen LogP contribution in [-0.4, -0.2) is 56.1 Å². The zero-order valence-corrected chi connectivity index (χ0v) is 35.6. The summed E-state index contributed by atoms with van der Waals surface area (Å²) >= 11 is 0. The van der Waals surface area contributed by atoms with Gasteiger partial charge in [0.05, 0.1) is 47.5 Å². The van der Waals surface area contributed by atoms with E-state index in [0.717, 1.165) is 24.3 Å². The molecule has 0 heterocycles. The third kappa shape index (κ3) is 20.3. The predicted octanol–water partition coefficient (Wildman–Crippen LogP) is 11.8. The van der Waals surface area contributed by atoms with E-state index < -0.39 is 42.7 Å².